The van der Waals surface area contributed by atoms with Gasteiger partial charge in [-0.2, -0.15) is 0 Å². The Bertz CT molecular complexity index is 287. The van der Waals surface area contributed by atoms with Gasteiger partial charge in [-0.25, -0.2) is 0 Å². The predicted molar refractivity (Wildman–Crippen MR) is 82.8 cm³/mol. The fraction of sp³-hybridized carbons (Fsp3) is 0.938. The summed E-state index contributed by atoms with van der Waals surface area (Å²) in [5, 5.41) is 0. The van der Waals surface area contributed by atoms with Crippen molar-refractivity contribution in [1.29, 1.82) is 0 Å². The molecular formula is C16H31N3O. The average molecular weight is 281 g/mol. The normalized spacial score (nSPS) is 21.9. The minimum absolute atomic E-state index is 0.366. The van der Waals surface area contributed by atoms with Gasteiger partial charge in [-0.05, 0) is 32.4 Å². The second-order valence-electron chi connectivity index (χ2n) is 6.23. The average Bonchev–Trinajstić information content (AvgIpc) is 2.87. The number of amides is 1. The molecule has 0 atom stereocenters. The lowest BCUT2D eigenvalue weighted by molar-refractivity contribution is -0.127. The molecule has 2 fully saturated rings. The van der Waals surface area contributed by atoms with Crippen LogP contribution in [0.2, 0.25) is 0 Å². The predicted octanol–water partition coefficient (Wildman–Crippen LogP) is 1.81. The van der Waals surface area contributed by atoms with Crippen LogP contribution < -0.4 is 0 Å². The number of unbranched alkanes of at least 4 members (excludes halogenated alkanes) is 2. The van der Waals surface area contributed by atoms with Crippen molar-refractivity contribution >= 4 is 5.91 Å². The van der Waals surface area contributed by atoms with E-state index >= 15 is 0 Å². The van der Waals surface area contributed by atoms with Crippen molar-refractivity contribution in [2.24, 2.45) is 0 Å². The molecule has 0 N–H and O–H groups in total. The zero-order chi connectivity index (χ0) is 14.2. The summed E-state index contributed by atoms with van der Waals surface area (Å²) in [6, 6.07) is 0. The zero-order valence-corrected chi connectivity index (χ0v) is 13.1. The molecule has 0 unspecified atom stereocenters. The highest BCUT2D eigenvalue weighted by Crippen LogP contribution is 2.10. The molecule has 2 saturated heterocycles. The zero-order valence-electron chi connectivity index (χ0n) is 13.1. The summed E-state index contributed by atoms with van der Waals surface area (Å²) in [5.41, 5.74) is 0. The second kappa shape index (κ2) is 8.63. The molecule has 0 aromatic carbocycles. The lowest BCUT2D eigenvalue weighted by Gasteiger charge is -2.35. The van der Waals surface area contributed by atoms with Crippen molar-refractivity contribution < 1.29 is 4.79 Å². The van der Waals surface area contributed by atoms with Gasteiger partial charge < -0.3 is 14.7 Å². The van der Waals surface area contributed by atoms with E-state index in [-0.39, 0.29) is 0 Å². The molecule has 2 aliphatic heterocycles. The van der Waals surface area contributed by atoms with Gasteiger partial charge >= 0.3 is 0 Å². The molecule has 0 aromatic heterocycles. The third-order valence-electron chi connectivity index (χ3n) is 4.62. The first-order chi connectivity index (χ1) is 9.79. The number of likely N-dealkylation sites (tertiary alicyclic amines) is 1. The van der Waals surface area contributed by atoms with Gasteiger partial charge in [-0.3, -0.25) is 4.79 Å². The summed E-state index contributed by atoms with van der Waals surface area (Å²) in [5.74, 6) is 0.366. The Kier molecular flexibility index (Phi) is 6.80. The molecule has 4 nitrogen and oxygen atoms in total. The number of nitrogens with zero attached hydrogens (tertiary/aromatic N) is 3. The van der Waals surface area contributed by atoms with Crippen LogP contribution in [0.15, 0.2) is 0 Å². The van der Waals surface area contributed by atoms with Crippen LogP contribution in [-0.2, 0) is 4.79 Å². The monoisotopic (exact) mass is 281 g/mol. The first-order valence-electron chi connectivity index (χ1n) is 8.52. The van der Waals surface area contributed by atoms with Crippen LogP contribution in [0.25, 0.3) is 0 Å². The molecule has 2 rings (SSSR count). The van der Waals surface area contributed by atoms with E-state index in [4.69, 9.17) is 0 Å². The number of piperazine rings is 1. The minimum atomic E-state index is 0.366. The summed E-state index contributed by atoms with van der Waals surface area (Å²) < 4.78 is 0. The number of rotatable bonds is 8. The van der Waals surface area contributed by atoms with Crippen molar-refractivity contribution in [3.63, 3.8) is 0 Å². The number of hydrogen-bond acceptors (Lipinski definition) is 3. The smallest absolute Gasteiger partial charge is 0.222 e. The summed E-state index contributed by atoms with van der Waals surface area (Å²) >= 11 is 0. The lowest BCUT2D eigenvalue weighted by atomic mass is 10.2. The van der Waals surface area contributed by atoms with Crippen LogP contribution in [0, 0.1) is 0 Å². The Morgan fingerprint density at radius 2 is 1.50 bits per heavy atom. The summed E-state index contributed by atoms with van der Waals surface area (Å²) in [6.07, 6.45) is 7.01. The largest absolute Gasteiger partial charge is 0.343 e. The summed E-state index contributed by atoms with van der Waals surface area (Å²) in [6.45, 7) is 11.5. The quantitative estimate of drug-likeness (QED) is 0.635. The van der Waals surface area contributed by atoms with Crippen molar-refractivity contribution in [3.8, 4) is 0 Å². The van der Waals surface area contributed by atoms with E-state index < -0.39 is 0 Å². The third-order valence-corrected chi connectivity index (χ3v) is 4.62. The second-order valence-corrected chi connectivity index (χ2v) is 6.23. The number of hydrogen-bond donors (Lipinski definition) is 0. The molecule has 116 valence electrons. The molecule has 0 aliphatic carbocycles. The van der Waals surface area contributed by atoms with Crippen molar-refractivity contribution in [2.75, 3.05) is 52.4 Å². The van der Waals surface area contributed by atoms with E-state index in [0.717, 1.165) is 38.9 Å². The van der Waals surface area contributed by atoms with E-state index in [1.54, 1.807) is 0 Å². The standard InChI is InChI=1S/C16H31N3O/c1-2-3-4-8-17-12-14-18(15-13-17)9-6-11-19-10-5-7-16(19)20/h2-15H2,1H3. The molecular weight excluding hydrogens is 250 g/mol. The molecule has 0 saturated carbocycles. The Balaban J connectivity index is 1.52. The third kappa shape index (κ3) is 5.06. The highest BCUT2D eigenvalue weighted by molar-refractivity contribution is 5.77. The fourth-order valence-electron chi connectivity index (χ4n) is 3.25. The van der Waals surface area contributed by atoms with Crippen LogP contribution in [0.3, 0.4) is 0 Å². The minimum Gasteiger partial charge on any atom is -0.343 e. The summed E-state index contributed by atoms with van der Waals surface area (Å²) in [4.78, 5) is 18.7. The maximum absolute atomic E-state index is 11.5. The van der Waals surface area contributed by atoms with Gasteiger partial charge in [0.05, 0.1) is 0 Å². The Labute approximate surface area is 124 Å². The van der Waals surface area contributed by atoms with E-state index in [0.29, 0.717) is 5.91 Å². The van der Waals surface area contributed by atoms with Gasteiger partial charge in [0.25, 0.3) is 0 Å². The number of carbonyl (C=O) groups is 1. The van der Waals surface area contributed by atoms with E-state index in [9.17, 15) is 4.79 Å². The van der Waals surface area contributed by atoms with E-state index in [1.807, 2.05) is 4.90 Å². The highest BCUT2D eigenvalue weighted by atomic mass is 16.2. The summed E-state index contributed by atoms with van der Waals surface area (Å²) in [7, 11) is 0. The first-order valence-corrected chi connectivity index (χ1v) is 8.52. The maximum Gasteiger partial charge on any atom is 0.222 e. The first kappa shape index (κ1) is 15.8. The van der Waals surface area contributed by atoms with Crippen molar-refractivity contribution in [2.45, 2.75) is 45.4 Å². The molecule has 0 spiro atoms. The Morgan fingerprint density at radius 1 is 0.850 bits per heavy atom. The lowest BCUT2D eigenvalue weighted by Crippen LogP contribution is -2.47. The topological polar surface area (TPSA) is 26.8 Å². The van der Waals surface area contributed by atoms with E-state index in [1.165, 1.54) is 52.0 Å². The van der Waals surface area contributed by atoms with Gasteiger partial charge in [0.2, 0.25) is 5.91 Å². The van der Waals surface area contributed by atoms with Crippen LogP contribution in [0.5, 0.6) is 0 Å². The molecule has 20 heavy (non-hydrogen) atoms. The fourth-order valence-corrected chi connectivity index (χ4v) is 3.25. The Morgan fingerprint density at radius 3 is 2.05 bits per heavy atom. The number of carbonyl (C=O) groups excluding carboxylic acids is 1. The maximum atomic E-state index is 11.5. The van der Waals surface area contributed by atoms with Crippen LogP contribution >= 0.6 is 0 Å². The molecule has 0 aromatic rings. The molecule has 4 heteroatoms. The van der Waals surface area contributed by atoms with Crippen LogP contribution in [0.4, 0.5) is 0 Å². The van der Waals surface area contributed by atoms with Crippen molar-refractivity contribution in [3.05, 3.63) is 0 Å². The highest BCUT2D eigenvalue weighted by Gasteiger charge is 2.20. The Hall–Kier alpha value is -0.610. The molecule has 2 aliphatic rings. The van der Waals surface area contributed by atoms with Gasteiger partial charge in [0, 0.05) is 45.7 Å². The van der Waals surface area contributed by atoms with Gasteiger partial charge in [-0.1, -0.05) is 19.8 Å². The molecule has 0 radical (unpaired) electrons. The van der Waals surface area contributed by atoms with Crippen molar-refractivity contribution in [1.82, 2.24) is 14.7 Å². The van der Waals surface area contributed by atoms with Crippen LogP contribution in [-0.4, -0.2) is 73.0 Å². The SMILES string of the molecule is CCCCCN1CCN(CCCN2CCCC2=O)CC1. The van der Waals surface area contributed by atoms with Gasteiger partial charge in [0.1, 0.15) is 0 Å². The van der Waals surface area contributed by atoms with E-state index in [2.05, 4.69) is 16.7 Å². The van der Waals surface area contributed by atoms with Gasteiger partial charge in [-0.15, -0.1) is 0 Å². The molecule has 2 heterocycles. The van der Waals surface area contributed by atoms with Crippen LogP contribution in [0.1, 0.15) is 45.4 Å². The van der Waals surface area contributed by atoms with Gasteiger partial charge in [0.15, 0.2) is 0 Å². The molecule has 0 bridgehead atoms. The molecule has 1 amide bonds.